The van der Waals surface area contributed by atoms with Crippen LogP contribution in [0.25, 0.3) is 0 Å². The monoisotopic (exact) mass is 358 g/mol. The molecule has 0 radical (unpaired) electrons. The molecular weight excluding hydrogens is 332 g/mol. The van der Waals surface area contributed by atoms with Crippen LogP contribution in [0.4, 0.5) is 0 Å². The maximum Gasteiger partial charge on any atom is 0.0701 e. The molecule has 2 heterocycles. The van der Waals surface area contributed by atoms with Gasteiger partial charge in [0.15, 0.2) is 0 Å². The Morgan fingerprint density at radius 1 is 1.40 bits per heavy atom. The van der Waals surface area contributed by atoms with E-state index in [1.807, 2.05) is 11.3 Å². The predicted molar refractivity (Wildman–Crippen MR) is 92.3 cm³/mol. The third-order valence-electron chi connectivity index (χ3n) is 4.58. The smallest absolute Gasteiger partial charge is 0.0701 e. The predicted octanol–water partition coefficient (Wildman–Crippen LogP) is 4.36. The number of thiophene rings is 1. The molecule has 1 aromatic rings. The number of rotatable bonds is 5. The van der Waals surface area contributed by atoms with Gasteiger partial charge in [-0.1, -0.05) is 34.1 Å². The van der Waals surface area contributed by atoms with Crippen molar-refractivity contribution in [2.45, 2.75) is 52.7 Å². The van der Waals surface area contributed by atoms with Gasteiger partial charge in [-0.3, -0.25) is 4.90 Å². The Hall–Kier alpha value is 0.1000. The molecule has 1 fully saturated rings. The first-order valence-corrected chi connectivity index (χ1v) is 9.33. The van der Waals surface area contributed by atoms with Crippen molar-refractivity contribution in [2.24, 2.45) is 11.8 Å². The summed E-state index contributed by atoms with van der Waals surface area (Å²) in [5, 5.41) is 3.76. The molecule has 0 bridgehead atoms. The second-order valence-corrected chi connectivity index (χ2v) is 8.89. The van der Waals surface area contributed by atoms with Crippen molar-refractivity contribution in [3.8, 4) is 0 Å². The van der Waals surface area contributed by atoms with Crippen LogP contribution in [0.15, 0.2) is 15.9 Å². The first-order valence-electron chi connectivity index (χ1n) is 7.72. The van der Waals surface area contributed by atoms with Crippen LogP contribution in [0.1, 0.15) is 39.0 Å². The lowest BCUT2D eigenvalue weighted by molar-refractivity contribution is 0.0731. The maximum atomic E-state index is 3.76. The quantitative estimate of drug-likeness (QED) is 0.841. The highest BCUT2D eigenvalue weighted by Crippen LogP contribution is 2.27. The van der Waals surface area contributed by atoms with Gasteiger partial charge in [-0.15, -0.1) is 11.3 Å². The minimum Gasteiger partial charge on any atom is -0.311 e. The molecule has 114 valence electrons. The van der Waals surface area contributed by atoms with E-state index in [1.54, 1.807) is 0 Å². The van der Waals surface area contributed by atoms with Crippen LogP contribution in [0.3, 0.4) is 0 Å². The molecule has 1 aliphatic rings. The second-order valence-electron chi connectivity index (χ2n) is 6.35. The molecule has 0 aliphatic carbocycles. The van der Waals surface area contributed by atoms with Crippen molar-refractivity contribution in [1.82, 2.24) is 10.2 Å². The zero-order valence-corrected chi connectivity index (χ0v) is 15.4. The van der Waals surface area contributed by atoms with E-state index in [1.165, 1.54) is 21.6 Å². The molecule has 1 N–H and O–H groups in total. The van der Waals surface area contributed by atoms with Crippen molar-refractivity contribution in [1.29, 1.82) is 0 Å². The van der Waals surface area contributed by atoms with Crippen molar-refractivity contribution < 1.29 is 0 Å². The summed E-state index contributed by atoms with van der Waals surface area (Å²) in [6.07, 6.45) is 1.25. The van der Waals surface area contributed by atoms with Crippen LogP contribution in [0.2, 0.25) is 0 Å². The standard InChI is InChI=1S/C16H27BrN2S/c1-5-12(4)15-8-18-14(11(2)3)10-19(15)9-13-6-7-16(17)20-13/h6-7,11-12,14-15,18H,5,8-10H2,1-4H3. The molecule has 0 spiro atoms. The molecule has 0 aromatic carbocycles. The molecule has 2 rings (SSSR count). The summed E-state index contributed by atoms with van der Waals surface area (Å²) in [5.74, 6) is 1.45. The van der Waals surface area contributed by atoms with E-state index in [2.05, 4.69) is 66.0 Å². The van der Waals surface area contributed by atoms with E-state index in [-0.39, 0.29) is 0 Å². The Labute approximate surface area is 136 Å². The molecule has 1 aliphatic heterocycles. The molecule has 0 amide bonds. The lowest BCUT2D eigenvalue weighted by Gasteiger charge is -2.44. The molecular formula is C16H27BrN2S. The second kappa shape index (κ2) is 7.39. The number of piperazine rings is 1. The van der Waals surface area contributed by atoms with Crippen LogP contribution in [-0.2, 0) is 6.54 Å². The lowest BCUT2D eigenvalue weighted by Crippen LogP contribution is -2.59. The fourth-order valence-corrected chi connectivity index (χ4v) is 4.46. The van der Waals surface area contributed by atoms with Gasteiger partial charge in [0.05, 0.1) is 3.79 Å². The Morgan fingerprint density at radius 3 is 2.70 bits per heavy atom. The van der Waals surface area contributed by atoms with Gasteiger partial charge in [0.1, 0.15) is 0 Å². The first-order chi connectivity index (χ1) is 9.51. The van der Waals surface area contributed by atoms with Crippen molar-refractivity contribution in [3.05, 3.63) is 20.8 Å². The minimum absolute atomic E-state index is 0.624. The van der Waals surface area contributed by atoms with Gasteiger partial charge >= 0.3 is 0 Å². The highest BCUT2D eigenvalue weighted by atomic mass is 79.9. The summed E-state index contributed by atoms with van der Waals surface area (Å²) < 4.78 is 1.24. The normalized spacial score (nSPS) is 26.1. The van der Waals surface area contributed by atoms with Crippen LogP contribution >= 0.6 is 27.3 Å². The third-order valence-corrected chi connectivity index (χ3v) is 6.19. The fraction of sp³-hybridized carbons (Fsp3) is 0.750. The van der Waals surface area contributed by atoms with Gasteiger partial charge in [0, 0.05) is 36.6 Å². The van der Waals surface area contributed by atoms with E-state index in [4.69, 9.17) is 0 Å². The number of hydrogen-bond acceptors (Lipinski definition) is 3. The number of nitrogens with one attached hydrogen (secondary N) is 1. The number of halogens is 1. The highest BCUT2D eigenvalue weighted by molar-refractivity contribution is 9.11. The van der Waals surface area contributed by atoms with Crippen LogP contribution in [0.5, 0.6) is 0 Å². The summed E-state index contributed by atoms with van der Waals surface area (Å²) in [6, 6.07) is 5.71. The van der Waals surface area contributed by atoms with Crippen molar-refractivity contribution in [2.75, 3.05) is 13.1 Å². The molecule has 1 aromatic heterocycles. The molecule has 3 unspecified atom stereocenters. The molecule has 3 atom stereocenters. The van der Waals surface area contributed by atoms with Crippen molar-refractivity contribution >= 4 is 27.3 Å². The average Bonchev–Trinajstić information content (AvgIpc) is 2.83. The molecule has 4 heteroatoms. The topological polar surface area (TPSA) is 15.3 Å². The lowest BCUT2D eigenvalue weighted by atomic mass is 9.92. The Bertz CT molecular complexity index is 418. The number of hydrogen-bond donors (Lipinski definition) is 1. The maximum absolute atomic E-state index is 3.76. The summed E-state index contributed by atoms with van der Waals surface area (Å²) in [7, 11) is 0. The van der Waals surface area contributed by atoms with E-state index in [9.17, 15) is 0 Å². The Balaban J connectivity index is 2.08. The summed E-state index contributed by atoms with van der Waals surface area (Å²) >= 11 is 5.44. The molecule has 1 saturated heterocycles. The van der Waals surface area contributed by atoms with E-state index in [0.29, 0.717) is 18.0 Å². The Kier molecular flexibility index (Phi) is 6.09. The van der Waals surface area contributed by atoms with Crippen molar-refractivity contribution in [3.63, 3.8) is 0 Å². The van der Waals surface area contributed by atoms with Gasteiger partial charge in [0.2, 0.25) is 0 Å². The minimum atomic E-state index is 0.624. The van der Waals surface area contributed by atoms with E-state index in [0.717, 1.165) is 19.0 Å². The average molecular weight is 359 g/mol. The van der Waals surface area contributed by atoms with Gasteiger partial charge in [0.25, 0.3) is 0 Å². The Morgan fingerprint density at radius 2 is 2.15 bits per heavy atom. The molecule has 20 heavy (non-hydrogen) atoms. The third kappa shape index (κ3) is 4.06. The summed E-state index contributed by atoms with van der Waals surface area (Å²) in [4.78, 5) is 4.17. The van der Waals surface area contributed by atoms with E-state index >= 15 is 0 Å². The largest absolute Gasteiger partial charge is 0.311 e. The zero-order valence-electron chi connectivity index (χ0n) is 13.0. The summed E-state index contributed by atoms with van der Waals surface area (Å²) in [5.41, 5.74) is 0. The van der Waals surface area contributed by atoms with Crippen LogP contribution in [0, 0.1) is 11.8 Å². The fourth-order valence-electron chi connectivity index (χ4n) is 2.95. The van der Waals surface area contributed by atoms with Gasteiger partial charge < -0.3 is 5.32 Å². The van der Waals surface area contributed by atoms with Crippen LogP contribution < -0.4 is 5.32 Å². The number of nitrogens with zero attached hydrogens (tertiary/aromatic N) is 1. The SMILES string of the molecule is CCC(C)C1CNC(C(C)C)CN1Cc1ccc(Br)s1. The summed E-state index contributed by atoms with van der Waals surface area (Å²) in [6.45, 7) is 12.7. The first kappa shape index (κ1) is 16.5. The molecule has 2 nitrogen and oxygen atoms in total. The van der Waals surface area contributed by atoms with Gasteiger partial charge in [-0.25, -0.2) is 0 Å². The highest BCUT2D eigenvalue weighted by Gasteiger charge is 2.32. The van der Waals surface area contributed by atoms with Crippen LogP contribution in [-0.4, -0.2) is 30.1 Å². The van der Waals surface area contributed by atoms with Gasteiger partial charge in [-0.05, 0) is 39.9 Å². The van der Waals surface area contributed by atoms with E-state index < -0.39 is 0 Å². The molecule has 0 saturated carbocycles. The zero-order chi connectivity index (χ0) is 14.7. The van der Waals surface area contributed by atoms with Gasteiger partial charge in [-0.2, -0.15) is 0 Å².